The van der Waals surface area contributed by atoms with Crippen molar-refractivity contribution in [3.63, 3.8) is 0 Å². The van der Waals surface area contributed by atoms with Crippen molar-refractivity contribution in [2.75, 3.05) is 10.2 Å². The van der Waals surface area contributed by atoms with Gasteiger partial charge >= 0.3 is 0 Å². The number of nitrogens with zero attached hydrogens (tertiary/aromatic N) is 1. The molecule has 0 aromatic heterocycles. The second-order valence-electron chi connectivity index (χ2n) is 24.2. The molecule has 363 valence electrons. The standard InChI is InChI=1S/C70H70BN2/c1-9-10-11-12-22-38-70(46-26-14-13-15-27-46)55-30-20-21-33-59(55)73-60-43-52-50-29-18-16-24-44(2)62(50)69(7,8)63(52)61(64(60)71-58-32-23-31-56(70)66(58)73)51-36-35-49-48-28-19-17-25-45(48)41-53(49)65(51)72-47-34-37-54-57(42-47)68(5,6)40-39-67(54,3)4/h12-37,43-44,47,72H,9-11,38-42H2,1-8H3/b22-12-. The first-order valence-electron chi connectivity index (χ1n) is 27.7. The molecule has 0 bridgehead atoms. The normalized spacial score (nSPS) is 22.7. The van der Waals surface area contributed by atoms with E-state index in [-0.39, 0.29) is 33.6 Å². The molecule has 5 aliphatic carbocycles. The quantitative estimate of drug-likeness (QED) is 0.0881. The second kappa shape index (κ2) is 17.0. The lowest BCUT2D eigenvalue weighted by Crippen LogP contribution is -2.47. The highest BCUT2D eigenvalue weighted by Gasteiger charge is 2.50. The van der Waals surface area contributed by atoms with E-state index in [1.54, 1.807) is 11.1 Å². The lowest BCUT2D eigenvalue weighted by atomic mass is 9.53. The Morgan fingerprint density at radius 3 is 2.33 bits per heavy atom. The Bertz CT molecular complexity index is 3480. The Morgan fingerprint density at radius 1 is 0.712 bits per heavy atom. The summed E-state index contributed by atoms with van der Waals surface area (Å²) in [6, 6.07) is 44.8. The molecule has 0 spiro atoms. The van der Waals surface area contributed by atoms with Crippen LogP contribution in [0.3, 0.4) is 0 Å². The number of benzene rings is 6. The number of rotatable bonds is 9. The van der Waals surface area contributed by atoms with Crippen LogP contribution in [0, 0.1) is 16.7 Å². The van der Waals surface area contributed by atoms with Gasteiger partial charge in [0.25, 0.3) is 0 Å². The largest absolute Gasteiger partial charge is 0.378 e. The van der Waals surface area contributed by atoms with E-state index in [0.29, 0.717) is 0 Å². The highest BCUT2D eigenvalue weighted by Crippen LogP contribution is 2.61. The lowest BCUT2D eigenvalue weighted by Gasteiger charge is -2.49. The number of unbranched alkanes of at least 4 members (excludes halogenated alkanes) is 2. The molecule has 6 aromatic carbocycles. The van der Waals surface area contributed by atoms with Gasteiger partial charge in [0.2, 0.25) is 0 Å². The van der Waals surface area contributed by atoms with Crippen molar-refractivity contribution in [2.24, 2.45) is 16.7 Å². The Labute approximate surface area is 436 Å². The molecule has 1 radical (unpaired) electrons. The Hall–Kier alpha value is -6.58. The van der Waals surface area contributed by atoms with Crippen LogP contribution >= 0.6 is 0 Å². The van der Waals surface area contributed by atoms with E-state index in [9.17, 15) is 0 Å². The van der Waals surface area contributed by atoms with Gasteiger partial charge in [-0.3, -0.25) is 0 Å². The van der Waals surface area contributed by atoms with E-state index in [1.807, 2.05) is 0 Å². The zero-order valence-electron chi connectivity index (χ0n) is 44.4. The minimum absolute atomic E-state index is 0.160. The van der Waals surface area contributed by atoms with E-state index in [0.717, 1.165) is 25.7 Å². The second-order valence-corrected chi connectivity index (χ2v) is 24.2. The van der Waals surface area contributed by atoms with Crippen molar-refractivity contribution in [1.29, 1.82) is 0 Å². The summed E-state index contributed by atoms with van der Waals surface area (Å²) in [4.78, 5) is 2.69. The fraction of sp³-hybridized carbons (Fsp3) is 0.314. The van der Waals surface area contributed by atoms with E-state index >= 15 is 0 Å². The number of para-hydroxylation sites is 2. The number of nitrogens with one attached hydrogen (secondary N) is 1. The van der Waals surface area contributed by atoms with Crippen LogP contribution in [-0.4, -0.2) is 13.3 Å². The van der Waals surface area contributed by atoms with Crippen LogP contribution in [0.2, 0.25) is 0 Å². The number of hydrogen-bond donors (Lipinski definition) is 1. The SMILES string of the molecule is CCCC/C=C\CC1(c2ccccc2)c2ccccc2N2c3cc4c(c(-c5ccc6c(c5NC5C=CC7=C(C5)C(C)(C)CCC7(C)C)Cc5ccccc5-6)c3[B]c3cccc1c32)C(C)(C)C1=C4C=CC=CC1C. The summed E-state index contributed by atoms with van der Waals surface area (Å²) in [5.74, 6) is 0.280. The number of hydrogen-bond acceptors (Lipinski definition) is 2. The maximum Gasteiger partial charge on any atom is 0.197 e. The highest BCUT2D eigenvalue weighted by molar-refractivity contribution is 6.73. The lowest BCUT2D eigenvalue weighted by molar-refractivity contribution is 0.257. The average molecular weight is 950 g/mol. The summed E-state index contributed by atoms with van der Waals surface area (Å²) in [7, 11) is 2.59. The van der Waals surface area contributed by atoms with E-state index < -0.39 is 0 Å². The summed E-state index contributed by atoms with van der Waals surface area (Å²) in [5.41, 5.74) is 28.6. The monoisotopic (exact) mass is 950 g/mol. The summed E-state index contributed by atoms with van der Waals surface area (Å²) in [6.45, 7) is 19.6. The minimum atomic E-state index is -0.382. The zero-order chi connectivity index (χ0) is 50.0. The van der Waals surface area contributed by atoms with Gasteiger partial charge < -0.3 is 10.2 Å². The van der Waals surface area contributed by atoms with Crippen LogP contribution in [0.1, 0.15) is 139 Å². The van der Waals surface area contributed by atoms with E-state index in [4.69, 9.17) is 0 Å². The first kappa shape index (κ1) is 46.2. The molecule has 1 N–H and O–H groups in total. The smallest absolute Gasteiger partial charge is 0.197 e. The van der Waals surface area contributed by atoms with Crippen molar-refractivity contribution < 1.29 is 0 Å². The molecule has 0 saturated heterocycles. The third kappa shape index (κ3) is 6.89. The fourth-order valence-electron chi connectivity index (χ4n) is 15.1. The summed E-state index contributed by atoms with van der Waals surface area (Å²) >= 11 is 0. The first-order chi connectivity index (χ1) is 35.3. The molecule has 13 rings (SSSR count). The van der Waals surface area contributed by atoms with E-state index in [1.165, 1.54) is 132 Å². The predicted octanol–water partition coefficient (Wildman–Crippen LogP) is 16.8. The fourth-order valence-corrected chi connectivity index (χ4v) is 15.1. The van der Waals surface area contributed by atoms with Crippen LogP contribution in [0.15, 0.2) is 181 Å². The molecular formula is C70H70BN2. The number of allylic oxidation sites excluding steroid dienone is 10. The van der Waals surface area contributed by atoms with Gasteiger partial charge in [-0.15, -0.1) is 0 Å². The highest BCUT2D eigenvalue weighted by atomic mass is 15.2. The molecular weight excluding hydrogens is 880 g/mol. The van der Waals surface area contributed by atoms with Gasteiger partial charge in [-0.1, -0.05) is 231 Å². The molecule has 3 atom stereocenters. The number of anilines is 4. The van der Waals surface area contributed by atoms with E-state index in [2.05, 4.69) is 237 Å². The Balaban J connectivity index is 1.08. The van der Waals surface area contributed by atoms with Gasteiger partial charge in [0.15, 0.2) is 7.28 Å². The average Bonchev–Trinajstić information content (AvgIpc) is 3.79. The zero-order valence-corrected chi connectivity index (χ0v) is 44.4. The summed E-state index contributed by atoms with van der Waals surface area (Å²) in [5, 5.41) is 4.44. The van der Waals surface area contributed by atoms with Crippen LogP contribution in [0.25, 0.3) is 27.8 Å². The molecule has 73 heavy (non-hydrogen) atoms. The van der Waals surface area contributed by atoms with Gasteiger partial charge in [-0.2, -0.15) is 0 Å². The van der Waals surface area contributed by atoms with Crippen molar-refractivity contribution in [3.05, 3.63) is 220 Å². The topological polar surface area (TPSA) is 15.3 Å². The van der Waals surface area contributed by atoms with Gasteiger partial charge in [-0.05, 0) is 139 Å². The van der Waals surface area contributed by atoms with Gasteiger partial charge in [0.1, 0.15) is 0 Å². The molecule has 2 aliphatic heterocycles. The maximum absolute atomic E-state index is 4.44. The molecule has 6 aromatic rings. The van der Waals surface area contributed by atoms with Crippen LogP contribution < -0.4 is 21.1 Å². The van der Waals surface area contributed by atoms with Crippen LogP contribution in [0.5, 0.6) is 0 Å². The molecule has 0 saturated carbocycles. The van der Waals surface area contributed by atoms with Crippen molar-refractivity contribution in [3.8, 4) is 22.3 Å². The molecule has 3 heteroatoms. The van der Waals surface area contributed by atoms with Gasteiger partial charge in [0.05, 0.1) is 11.1 Å². The molecule has 0 amide bonds. The molecule has 2 heterocycles. The van der Waals surface area contributed by atoms with Crippen LogP contribution in [0.4, 0.5) is 22.7 Å². The van der Waals surface area contributed by atoms with Gasteiger partial charge in [-0.25, -0.2) is 0 Å². The van der Waals surface area contributed by atoms with Crippen molar-refractivity contribution in [1.82, 2.24) is 0 Å². The Kier molecular flexibility index (Phi) is 10.8. The molecule has 0 fully saturated rings. The Morgan fingerprint density at radius 2 is 1.48 bits per heavy atom. The van der Waals surface area contributed by atoms with Gasteiger partial charge in [0, 0.05) is 40.5 Å². The predicted molar refractivity (Wildman–Crippen MR) is 312 cm³/mol. The third-order valence-electron chi connectivity index (χ3n) is 18.7. The number of fused-ring (bicyclic) bond motifs is 9. The first-order valence-corrected chi connectivity index (χ1v) is 27.7. The summed E-state index contributed by atoms with van der Waals surface area (Å²) in [6.07, 6.45) is 28.1. The van der Waals surface area contributed by atoms with Crippen LogP contribution in [-0.2, 0) is 17.3 Å². The molecule has 7 aliphatic rings. The molecule has 3 unspecified atom stereocenters. The summed E-state index contributed by atoms with van der Waals surface area (Å²) < 4.78 is 0. The van der Waals surface area contributed by atoms with Crippen molar-refractivity contribution >= 4 is 46.5 Å². The van der Waals surface area contributed by atoms with Crippen molar-refractivity contribution in [2.45, 2.75) is 124 Å². The molecule has 2 nitrogen and oxygen atoms in total. The maximum atomic E-state index is 4.44. The minimum Gasteiger partial charge on any atom is -0.378 e. The third-order valence-corrected chi connectivity index (χ3v) is 18.7.